The van der Waals surface area contributed by atoms with Crippen LogP contribution in [0.1, 0.15) is 22.5 Å². The zero-order chi connectivity index (χ0) is 13.3. The summed E-state index contributed by atoms with van der Waals surface area (Å²) in [6.07, 6.45) is 1.78. The number of nitrogen functional groups attached to an aromatic ring is 1. The number of nitrogens with zero attached hydrogens (tertiary/aromatic N) is 3. The number of hydrogen-bond donors (Lipinski definition) is 2. The van der Waals surface area contributed by atoms with Gasteiger partial charge in [0.25, 0.3) is 5.91 Å². The van der Waals surface area contributed by atoms with Crippen molar-refractivity contribution in [2.75, 3.05) is 37.9 Å². The quantitative estimate of drug-likeness (QED) is 0.830. The van der Waals surface area contributed by atoms with Crippen molar-refractivity contribution < 1.29 is 9.90 Å². The Morgan fingerprint density at radius 3 is 2.94 bits per heavy atom. The number of thiazole rings is 1. The maximum absolute atomic E-state index is 12.4. The highest BCUT2D eigenvalue weighted by Crippen LogP contribution is 2.30. The van der Waals surface area contributed by atoms with Crippen LogP contribution in [0.2, 0.25) is 0 Å². The molecule has 0 saturated carbocycles. The third-order valence-corrected chi connectivity index (χ3v) is 4.29. The first-order valence-corrected chi connectivity index (χ1v) is 6.71. The van der Waals surface area contributed by atoms with Gasteiger partial charge in [-0.2, -0.15) is 0 Å². The van der Waals surface area contributed by atoms with Crippen LogP contribution in [0.3, 0.4) is 0 Å². The van der Waals surface area contributed by atoms with Crippen LogP contribution in [0.5, 0.6) is 0 Å². The first-order valence-electron chi connectivity index (χ1n) is 5.90. The van der Waals surface area contributed by atoms with Gasteiger partial charge in [-0.25, -0.2) is 4.98 Å². The van der Waals surface area contributed by atoms with Crippen molar-refractivity contribution in [1.29, 1.82) is 0 Å². The largest absolute Gasteiger partial charge is 0.394 e. The van der Waals surface area contributed by atoms with Gasteiger partial charge in [0.15, 0.2) is 5.13 Å². The van der Waals surface area contributed by atoms with Gasteiger partial charge in [-0.15, -0.1) is 0 Å². The molecule has 1 fully saturated rings. The molecule has 1 aliphatic rings. The molecule has 1 atom stereocenters. The lowest BCUT2D eigenvalue weighted by molar-refractivity contribution is 0.0683. The first kappa shape index (κ1) is 13.1. The molecule has 1 aromatic rings. The maximum Gasteiger partial charge on any atom is 0.268 e. The van der Waals surface area contributed by atoms with Crippen LogP contribution in [-0.4, -0.2) is 54.2 Å². The molecule has 0 bridgehead atoms. The van der Waals surface area contributed by atoms with E-state index in [4.69, 9.17) is 5.73 Å². The normalized spacial score (nSPS) is 19.3. The average molecular weight is 270 g/mol. The van der Waals surface area contributed by atoms with Crippen LogP contribution >= 0.6 is 11.3 Å². The number of amides is 1. The number of aliphatic hydroxyl groups is 1. The molecule has 1 aliphatic heterocycles. The molecule has 1 unspecified atom stereocenters. The molecule has 3 N–H and O–H groups in total. The Morgan fingerprint density at radius 2 is 2.39 bits per heavy atom. The van der Waals surface area contributed by atoms with Crippen LogP contribution in [0.15, 0.2) is 0 Å². The maximum atomic E-state index is 12.4. The van der Waals surface area contributed by atoms with Gasteiger partial charge in [-0.1, -0.05) is 11.3 Å². The Labute approximate surface area is 110 Å². The van der Waals surface area contributed by atoms with Gasteiger partial charge in [0, 0.05) is 20.6 Å². The van der Waals surface area contributed by atoms with E-state index >= 15 is 0 Å². The Balaban J connectivity index is 2.23. The molecule has 0 spiro atoms. The fraction of sp³-hybridized carbons (Fsp3) is 0.636. The van der Waals surface area contributed by atoms with Gasteiger partial charge in [0.1, 0.15) is 10.7 Å². The SMILES string of the molecule is CN(C)c1nc(N)c(C(=O)N2CCCC2CO)s1. The van der Waals surface area contributed by atoms with Crippen molar-refractivity contribution in [2.24, 2.45) is 0 Å². The number of carbonyl (C=O) groups excluding carboxylic acids is 1. The molecule has 1 saturated heterocycles. The van der Waals surface area contributed by atoms with E-state index in [2.05, 4.69) is 4.98 Å². The summed E-state index contributed by atoms with van der Waals surface area (Å²) in [5.74, 6) is 0.159. The molecule has 18 heavy (non-hydrogen) atoms. The number of rotatable bonds is 3. The molecule has 1 aromatic heterocycles. The van der Waals surface area contributed by atoms with Crippen LogP contribution in [0, 0.1) is 0 Å². The fourth-order valence-corrected chi connectivity index (χ4v) is 2.95. The van der Waals surface area contributed by atoms with Crippen molar-refractivity contribution in [3.63, 3.8) is 0 Å². The van der Waals surface area contributed by atoms with Crippen LogP contribution < -0.4 is 10.6 Å². The van der Waals surface area contributed by atoms with Gasteiger partial charge in [-0.05, 0) is 12.8 Å². The Morgan fingerprint density at radius 1 is 1.67 bits per heavy atom. The van der Waals surface area contributed by atoms with E-state index in [9.17, 15) is 9.90 Å². The minimum Gasteiger partial charge on any atom is -0.394 e. The predicted molar refractivity (Wildman–Crippen MR) is 72.0 cm³/mol. The van der Waals surface area contributed by atoms with E-state index in [1.807, 2.05) is 19.0 Å². The summed E-state index contributed by atoms with van der Waals surface area (Å²) < 4.78 is 0. The smallest absolute Gasteiger partial charge is 0.268 e. The van der Waals surface area contributed by atoms with Crippen LogP contribution in [0.4, 0.5) is 10.9 Å². The number of likely N-dealkylation sites (tertiary alicyclic amines) is 1. The lowest BCUT2D eigenvalue weighted by Crippen LogP contribution is -2.37. The first-order chi connectivity index (χ1) is 8.54. The third kappa shape index (κ3) is 2.28. The highest BCUT2D eigenvalue weighted by molar-refractivity contribution is 7.18. The summed E-state index contributed by atoms with van der Waals surface area (Å²) in [6, 6.07) is -0.0817. The molecule has 1 amide bonds. The average Bonchev–Trinajstić information content (AvgIpc) is 2.93. The second-order valence-corrected chi connectivity index (χ2v) is 5.56. The molecule has 100 valence electrons. The molecule has 2 heterocycles. The molecule has 0 aliphatic carbocycles. The molecular weight excluding hydrogens is 252 g/mol. The summed E-state index contributed by atoms with van der Waals surface area (Å²) in [4.78, 5) is 20.5. The Bertz CT molecular complexity index is 446. The summed E-state index contributed by atoms with van der Waals surface area (Å²) in [7, 11) is 3.72. The van der Waals surface area contributed by atoms with Gasteiger partial charge in [0.2, 0.25) is 0 Å². The van der Waals surface area contributed by atoms with Gasteiger partial charge in [-0.3, -0.25) is 4.79 Å². The fourth-order valence-electron chi connectivity index (χ4n) is 2.09. The van der Waals surface area contributed by atoms with Gasteiger partial charge in [0.05, 0.1) is 12.6 Å². The summed E-state index contributed by atoms with van der Waals surface area (Å²) in [5.41, 5.74) is 5.80. The molecule has 0 aromatic carbocycles. The molecule has 7 heteroatoms. The number of aliphatic hydroxyl groups excluding tert-OH is 1. The summed E-state index contributed by atoms with van der Waals surface area (Å²) in [5, 5.41) is 9.97. The van der Waals surface area contributed by atoms with Gasteiger partial charge >= 0.3 is 0 Å². The lowest BCUT2D eigenvalue weighted by Gasteiger charge is -2.22. The topological polar surface area (TPSA) is 82.7 Å². The van der Waals surface area contributed by atoms with E-state index in [0.29, 0.717) is 11.4 Å². The zero-order valence-corrected chi connectivity index (χ0v) is 11.4. The second kappa shape index (κ2) is 5.11. The lowest BCUT2D eigenvalue weighted by atomic mass is 10.2. The number of carbonyl (C=O) groups is 1. The van der Waals surface area contributed by atoms with Crippen molar-refractivity contribution in [3.05, 3.63) is 4.88 Å². The molecular formula is C11H18N4O2S. The molecule has 2 rings (SSSR count). The summed E-state index contributed by atoms with van der Waals surface area (Å²) in [6.45, 7) is 0.684. The number of hydrogen-bond acceptors (Lipinski definition) is 6. The predicted octanol–water partition coefficient (Wildman–Crippen LogP) is 0.388. The Hall–Kier alpha value is -1.34. The van der Waals surface area contributed by atoms with E-state index in [1.165, 1.54) is 11.3 Å². The van der Waals surface area contributed by atoms with Gasteiger partial charge < -0.3 is 20.6 Å². The molecule has 0 radical (unpaired) electrons. The standard InChI is InChI=1S/C11H18N4O2S/c1-14(2)11-13-9(12)8(18-11)10(17)15-5-3-4-7(15)6-16/h7,16H,3-6,12H2,1-2H3. The monoisotopic (exact) mass is 270 g/mol. The number of aromatic nitrogens is 1. The molecule has 6 nitrogen and oxygen atoms in total. The number of anilines is 2. The highest BCUT2D eigenvalue weighted by atomic mass is 32.1. The Kier molecular flexibility index (Phi) is 3.72. The highest BCUT2D eigenvalue weighted by Gasteiger charge is 2.31. The second-order valence-electron chi connectivity index (χ2n) is 4.58. The van der Waals surface area contributed by atoms with Crippen molar-refractivity contribution >= 4 is 28.2 Å². The van der Waals surface area contributed by atoms with E-state index in [0.717, 1.165) is 18.0 Å². The minimum atomic E-state index is -0.116. The minimum absolute atomic E-state index is 0.00495. The van der Waals surface area contributed by atoms with Crippen molar-refractivity contribution in [1.82, 2.24) is 9.88 Å². The van der Waals surface area contributed by atoms with Crippen molar-refractivity contribution in [2.45, 2.75) is 18.9 Å². The zero-order valence-electron chi connectivity index (χ0n) is 10.6. The van der Waals surface area contributed by atoms with Crippen LogP contribution in [0.25, 0.3) is 0 Å². The van der Waals surface area contributed by atoms with E-state index in [1.54, 1.807) is 4.90 Å². The van der Waals surface area contributed by atoms with E-state index < -0.39 is 0 Å². The van der Waals surface area contributed by atoms with E-state index in [-0.39, 0.29) is 24.4 Å². The third-order valence-electron chi connectivity index (χ3n) is 3.07. The van der Waals surface area contributed by atoms with Crippen molar-refractivity contribution in [3.8, 4) is 0 Å². The summed E-state index contributed by atoms with van der Waals surface area (Å²) >= 11 is 1.29. The number of nitrogens with two attached hydrogens (primary N) is 1. The van der Waals surface area contributed by atoms with Crippen LogP contribution in [-0.2, 0) is 0 Å².